The molecule has 128 valence electrons. The summed E-state index contributed by atoms with van der Waals surface area (Å²) in [4.78, 5) is 10.3. The minimum atomic E-state index is -3.90. The number of nitrogens with two attached hydrogens (primary N) is 1. The molecule has 0 spiro atoms. The van der Waals surface area contributed by atoms with Gasteiger partial charge in [0.2, 0.25) is 10.0 Å². The van der Waals surface area contributed by atoms with Crippen molar-refractivity contribution in [3.8, 4) is 0 Å². The maximum Gasteiger partial charge on any atom is 0.289 e. The van der Waals surface area contributed by atoms with Crippen LogP contribution in [0.25, 0.3) is 0 Å². The van der Waals surface area contributed by atoms with E-state index in [1.807, 2.05) is 6.92 Å². The van der Waals surface area contributed by atoms with Crippen LogP contribution in [-0.4, -0.2) is 36.8 Å². The zero-order chi connectivity index (χ0) is 17.0. The Balaban J connectivity index is 2.42. The van der Waals surface area contributed by atoms with Crippen LogP contribution in [0, 0.1) is 16.0 Å². The molecular weight excluding hydrogens is 318 g/mol. The maximum atomic E-state index is 13.0. The van der Waals surface area contributed by atoms with Crippen molar-refractivity contribution in [2.75, 3.05) is 13.1 Å². The fourth-order valence-corrected chi connectivity index (χ4v) is 5.17. The fraction of sp³-hybridized carbons (Fsp3) is 0.600. The summed E-state index contributed by atoms with van der Waals surface area (Å²) in [5.74, 6) is 0.216. The molecule has 0 aliphatic carbocycles. The number of para-hydroxylation sites is 1. The summed E-state index contributed by atoms with van der Waals surface area (Å²) in [7, 11) is -3.90. The monoisotopic (exact) mass is 341 g/mol. The van der Waals surface area contributed by atoms with E-state index in [1.54, 1.807) is 0 Å². The zero-order valence-electron chi connectivity index (χ0n) is 13.2. The molecule has 2 atom stereocenters. The molecule has 1 aliphatic heterocycles. The SMILES string of the molecule is C[C@H]1CCCN(S(=O)(=O)c2ccccc2[N+](=O)[O-])[C@H]1CCCN. The third-order valence-electron chi connectivity index (χ3n) is 4.42. The topological polar surface area (TPSA) is 107 Å². The van der Waals surface area contributed by atoms with E-state index in [4.69, 9.17) is 5.73 Å². The summed E-state index contributed by atoms with van der Waals surface area (Å²) in [5.41, 5.74) is 5.19. The van der Waals surface area contributed by atoms with Crippen molar-refractivity contribution in [2.24, 2.45) is 11.7 Å². The molecular formula is C15H23N3O4S. The lowest BCUT2D eigenvalue weighted by atomic mass is 9.90. The molecule has 8 heteroatoms. The van der Waals surface area contributed by atoms with Gasteiger partial charge in [0.15, 0.2) is 4.90 Å². The van der Waals surface area contributed by atoms with E-state index in [9.17, 15) is 18.5 Å². The number of hydrogen-bond donors (Lipinski definition) is 1. The van der Waals surface area contributed by atoms with Crippen molar-refractivity contribution in [2.45, 2.75) is 43.5 Å². The van der Waals surface area contributed by atoms with Crippen LogP contribution in [0.2, 0.25) is 0 Å². The van der Waals surface area contributed by atoms with Gasteiger partial charge in [0.1, 0.15) is 0 Å². The van der Waals surface area contributed by atoms with Crippen molar-refractivity contribution >= 4 is 15.7 Å². The van der Waals surface area contributed by atoms with Gasteiger partial charge in [-0.2, -0.15) is 4.31 Å². The van der Waals surface area contributed by atoms with Crippen LogP contribution in [-0.2, 0) is 10.0 Å². The van der Waals surface area contributed by atoms with Crippen molar-refractivity contribution < 1.29 is 13.3 Å². The smallest absolute Gasteiger partial charge is 0.289 e. The first-order valence-corrected chi connectivity index (χ1v) is 9.29. The Kier molecular flexibility index (Phi) is 5.72. The molecule has 7 nitrogen and oxygen atoms in total. The van der Waals surface area contributed by atoms with Gasteiger partial charge in [-0.25, -0.2) is 8.42 Å². The lowest BCUT2D eigenvalue weighted by Crippen LogP contribution is -2.47. The second-order valence-corrected chi connectivity index (χ2v) is 7.82. The Morgan fingerprint density at radius 1 is 1.39 bits per heavy atom. The first-order chi connectivity index (χ1) is 10.9. The minimum Gasteiger partial charge on any atom is -0.330 e. The van der Waals surface area contributed by atoms with Gasteiger partial charge >= 0.3 is 0 Å². The molecule has 1 heterocycles. The molecule has 0 saturated carbocycles. The number of benzene rings is 1. The normalized spacial score (nSPS) is 22.9. The average molecular weight is 341 g/mol. The fourth-order valence-electron chi connectivity index (χ4n) is 3.22. The molecule has 1 aromatic rings. The Bertz CT molecular complexity index is 662. The number of nitro groups is 1. The van der Waals surface area contributed by atoms with Crippen LogP contribution in [0.4, 0.5) is 5.69 Å². The highest BCUT2D eigenvalue weighted by molar-refractivity contribution is 7.89. The molecule has 1 fully saturated rings. The largest absolute Gasteiger partial charge is 0.330 e. The van der Waals surface area contributed by atoms with Crippen LogP contribution >= 0.6 is 0 Å². The summed E-state index contributed by atoms with van der Waals surface area (Å²) in [6.45, 7) is 2.93. The lowest BCUT2D eigenvalue weighted by Gasteiger charge is -2.39. The number of nitrogens with zero attached hydrogens (tertiary/aromatic N) is 2. The highest BCUT2D eigenvalue weighted by Gasteiger charge is 2.39. The molecule has 2 rings (SSSR count). The zero-order valence-corrected chi connectivity index (χ0v) is 14.0. The van der Waals surface area contributed by atoms with Crippen LogP contribution < -0.4 is 5.73 Å². The molecule has 1 aromatic carbocycles. The van der Waals surface area contributed by atoms with E-state index in [2.05, 4.69) is 0 Å². The number of rotatable bonds is 6. The number of nitro benzene ring substituents is 1. The van der Waals surface area contributed by atoms with E-state index in [0.717, 1.165) is 19.3 Å². The summed E-state index contributed by atoms with van der Waals surface area (Å²) >= 11 is 0. The highest BCUT2D eigenvalue weighted by atomic mass is 32.2. The molecule has 1 saturated heterocycles. The lowest BCUT2D eigenvalue weighted by molar-refractivity contribution is -0.387. The number of piperidine rings is 1. The van der Waals surface area contributed by atoms with Crippen molar-refractivity contribution in [3.63, 3.8) is 0 Å². The van der Waals surface area contributed by atoms with Gasteiger partial charge in [0.25, 0.3) is 5.69 Å². The Morgan fingerprint density at radius 3 is 2.74 bits per heavy atom. The first kappa shape index (κ1) is 17.8. The predicted molar refractivity (Wildman–Crippen MR) is 87.5 cm³/mol. The summed E-state index contributed by atoms with van der Waals surface area (Å²) in [5, 5.41) is 11.2. The molecule has 23 heavy (non-hydrogen) atoms. The molecule has 0 unspecified atom stereocenters. The van der Waals surface area contributed by atoms with E-state index in [-0.39, 0.29) is 22.5 Å². The van der Waals surface area contributed by atoms with E-state index < -0.39 is 14.9 Å². The van der Waals surface area contributed by atoms with Gasteiger partial charge in [-0.15, -0.1) is 0 Å². The highest BCUT2D eigenvalue weighted by Crippen LogP contribution is 2.34. The van der Waals surface area contributed by atoms with E-state index in [1.165, 1.54) is 28.6 Å². The number of sulfonamides is 1. The van der Waals surface area contributed by atoms with Crippen molar-refractivity contribution in [1.29, 1.82) is 0 Å². The van der Waals surface area contributed by atoms with Crippen LogP contribution in [0.15, 0.2) is 29.2 Å². The molecule has 0 radical (unpaired) electrons. The van der Waals surface area contributed by atoms with Gasteiger partial charge in [-0.3, -0.25) is 10.1 Å². The summed E-state index contributed by atoms with van der Waals surface area (Å²) in [6, 6.07) is 5.38. The summed E-state index contributed by atoms with van der Waals surface area (Å²) < 4.78 is 27.5. The van der Waals surface area contributed by atoms with Crippen LogP contribution in [0.3, 0.4) is 0 Å². The standard InChI is InChI=1S/C15H23N3O4S/c1-12-6-5-11-17(13(12)8-4-10-16)23(21,22)15-9-3-2-7-14(15)18(19)20/h2-3,7,9,12-13H,4-6,8,10-11,16H2,1H3/t12-,13-/m0/s1. The average Bonchev–Trinajstić information content (AvgIpc) is 2.53. The van der Waals surface area contributed by atoms with Gasteiger partial charge in [-0.05, 0) is 44.2 Å². The quantitative estimate of drug-likeness (QED) is 0.630. The summed E-state index contributed by atoms with van der Waals surface area (Å²) in [6.07, 6.45) is 3.13. The van der Waals surface area contributed by atoms with Crippen LogP contribution in [0.1, 0.15) is 32.6 Å². The molecule has 0 amide bonds. The predicted octanol–water partition coefficient (Wildman–Crippen LogP) is 2.12. The van der Waals surface area contributed by atoms with Crippen molar-refractivity contribution in [3.05, 3.63) is 34.4 Å². The third kappa shape index (κ3) is 3.70. The first-order valence-electron chi connectivity index (χ1n) is 7.85. The Morgan fingerprint density at radius 2 is 2.09 bits per heavy atom. The van der Waals surface area contributed by atoms with Gasteiger partial charge in [-0.1, -0.05) is 19.1 Å². The second kappa shape index (κ2) is 7.37. The third-order valence-corrected chi connectivity index (χ3v) is 6.39. The molecule has 2 N–H and O–H groups in total. The van der Waals surface area contributed by atoms with Crippen LogP contribution in [0.5, 0.6) is 0 Å². The van der Waals surface area contributed by atoms with E-state index >= 15 is 0 Å². The molecule has 0 bridgehead atoms. The van der Waals surface area contributed by atoms with Gasteiger partial charge < -0.3 is 5.73 Å². The van der Waals surface area contributed by atoms with Crippen molar-refractivity contribution in [1.82, 2.24) is 4.31 Å². The van der Waals surface area contributed by atoms with Gasteiger partial charge in [0.05, 0.1) is 4.92 Å². The molecule has 0 aromatic heterocycles. The van der Waals surface area contributed by atoms with Gasteiger partial charge in [0, 0.05) is 18.7 Å². The Labute approximate surface area is 136 Å². The molecule has 1 aliphatic rings. The second-order valence-electron chi connectivity index (χ2n) is 5.96. The Hall–Kier alpha value is -1.51. The number of hydrogen-bond acceptors (Lipinski definition) is 5. The maximum absolute atomic E-state index is 13.0. The minimum absolute atomic E-state index is 0.155. The van der Waals surface area contributed by atoms with E-state index in [0.29, 0.717) is 19.5 Å².